The molecule has 2 rings (SSSR count). The van der Waals surface area contributed by atoms with Crippen LogP contribution in [-0.4, -0.2) is 28.2 Å². The number of aliphatic hydroxyl groups is 1. The van der Waals surface area contributed by atoms with Gasteiger partial charge in [-0.15, -0.1) is 0 Å². The predicted octanol–water partition coefficient (Wildman–Crippen LogP) is 2.42. The van der Waals surface area contributed by atoms with E-state index in [0.29, 0.717) is 29.0 Å². The Labute approximate surface area is 122 Å². The molecule has 1 aromatic carbocycles. The van der Waals surface area contributed by atoms with Crippen LogP contribution >= 0.6 is 11.6 Å². The van der Waals surface area contributed by atoms with Gasteiger partial charge in [-0.2, -0.15) is 0 Å². The first-order chi connectivity index (χ1) is 9.69. The molecule has 2 aromatic rings. The molecule has 0 saturated carbocycles. The molecule has 0 aliphatic carbocycles. The number of aromatic nitrogens is 2. The van der Waals surface area contributed by atoms with Gasteiger partial charge in [-0.1, -0.05) is 23.7 Å². The summed E-state index contributed by atoms with van der Waals surface area (Å²) in [5.74, 6) is 1.83. The van der Waals surface area contributed by atoms with E-state index in [-0.39, 0.29) is 13.2 Å². The minimum absolute atomic E-state index is 0.0501. The minimum Gasteiger partial charge on any atom is -0.484 e. The Morgan fingerprint density at radius 2 is 2.10 bits per heavy atom. The molecular formula is C14H16ClN3O2. The molecule has 0 amide bonds. The largest absolute Gasteiger partial charge is 0.484 e. The second-order valence-corrected chi connectivity index (χ2v) is 4.59. The summed E-state index contributed by atoms with van der Waals surface area (Å²) >= 11 is 6.02. The molecule has 1 heterocycles. The predicted molar refractivity (Wildman–Crippen MR) is 78.1 cm³/mol. The number of nitrogens with zero attached hydrogens (tertiary/aromatic N) is 2. The van der Waals surface area contributed by atoms with E-state index in [9.17, 15) is 0 Å². The third-order valence-corrected chi connectivity index (χ3v) is 2.82. The van der Waals surface area contributed by atoms with E-state index in [1.165, 1.54) is 0 Å². The average Bonchev–Trinajstić information content (AvgIpc) is 2.44. The highest BCUT2D eigenvalue weighted by Gasteiger charge is 2.05. The van der Waals surface area contributed by atoms with Crippen molar-refractivity contribution in [2.45, 2.75) is 13.5 Å². The lowest BCUT2D eigenvalue weighted by Crippen LogP contribution is -2.10. The summed E-state index contributed by atoms with van der Waals surface area (Å²) in [4.78, 5) is 8.62. The van der Waals surface area contributed by atoms with Crippen LogP contribution in [0.5, 0.6) is 5.75 Å². The lowest BCUT2D eigenvalue weighted by Gasteiger charge is -2.09. The zero-order valence-corrected chi connectivity index (χ0v) is 11.9. The van der Waals surface area contributed by atoms with Crippen LogP contribution < -0.4 is 10.1 Å². The summed E-state index contributed by atoms with van der Waals surface area (Å²) in [6, 6.07) is 9.07. The minimum atomic E-state index is 0.0501. The lowest BCUT2D eigenvalue weighted by atomic mass is 10.3. The van der Waals surface area contributed by atoms with Gasteiger partial charge in [0.1, 0.15) is 18.2 Å². The highest BCUT2D eigenvalue weighted by Crippen LogP contribution is 2.23. The van der Waals surface area contributed by atoms with Crippen LogP contribution in [0.2, 0.25) is 5.02 Å². The SMILES string of the molecule is Cc1cc(NCCO)nc(COc2ccccc2Cl)n1. The molecule has 0 aliphatic heterocycles. The number of hydrogen-bond donors (Lipinski definition) is 2. The highest BCUT2D eigenvalue weighted by atomic mass is 35.5. The van der Waals surface area contributed by atoms with Crippen LogP contribution in [0.4, 0.5) is 5.82 Å². The Kier molecular flexibility index (Phi) is 5.15. The fraction of sp³-hybridized carbons (Fsp3) is 0.286. The molecule has 0 radical (unpaired) electrons. The van der Waals surface area contributed by atoms with Crippen LogP contribution in [0.1, 0.15) is 11.5 Å². The highest BCUT2D eigenvalue weighted by molar-refractivity contribution is 6.32. The number of nitrogens with one attached hydrogen (secondary N) is 1. The number of para-hydroxylation sites is 1. The van der Waals surface area contributed by atoms with Crippen LogP contribution in [0, 0.1) is 6.92 Å². The van der Waals surface area contributed by atoms with Crippen molar-refractivity contribution in [3.05, 3.63) is 46.9 Å². The summed E-state index contributed by atoms with van der Waals surface area (Å²) < 4.78 is 5.60. The van der Waals surface area contributed by atoms with Gasteiger partial charge in [-0.05, 0) is 19.1 Å². The normalized spacial score (nSPS) is 10.3. The molecule has 2 N–H and O–H groups in total. The van der Waals surface area contributed by atoms with E-state index in [1.807, 2.05) is 25.1 Å². The zero-order valence-electron chi connectivity index (χ0n) is 11.1. The third kappa shape index (κ3) is 4.08. The number of aliphatic hydroxyl groups excluding tert-OH is 1. The van der Waals surface area contributed by atoms with Gasteiger partial charge in [0.2, 0.25) is 0 Å². The quantitative estimate of drug-likeness (QED) is 0.856. The molecule has 0 spiro atoms. The van der Waals surface area contributed by atoms with Crippen molar-refractivity contribution in [2.24, 2.45) is 0 Å². The van der Waals surface area contributed by atoms with Crippen LogP contribution in [0.3, 0.4) is 0 Å². The summed E-state index contributed by atoms with van der Waals surface area (Å²) in [5.41, 5.74) is 0.832. The van der Waals surface area contributed by atoms with Crippen molar-refractivity contribution in [3.8, 4) is 5.75 Å². The van der Waals surface area contributed by atoms with Crippen LogP contribution in [-0.2, 0) is 6.61 Å². The Hall–Kier alpha value is -1.85. The van der Waals surface area contributed by atoms with Gasteiger partial charge < -0.3 is 15.2 Å². The molecule has 0 saturated heterocycles. The maximum atomic E-state index is 8.80. The summed E-state index contributed by atoms with van der Waals surface area (Å²) in [6.45, 7) is 2.61. The van der Waals surface area contributed by atoms with E-state index in [1.54, 1.807) is 12.1 Å². The number of anilines is 1. The monoisotopic (exact) mass is 293 g/mol. The van der Waals surface area contributed by atoms with Crippen molar-refractivity contribution in [3.63, 3.8) is 0 Å². The first kappa shape index (κ1) is 14.6. The number of benzene rings is 1. The number of ether oxygens (including phenoxy) is 1. The molecule has 0 atom stereocenters. The maximum Gasteiger partial charge on any atom is 0.168 e. The number of rotatable bonds is 6. The molecule has 0 unspecified atom stereocenters. The van der Waals surface area contributed by atoms with Gasteiger partial charge in [-0.3, -0.25) is 0 Å². The van der Waals surface area contributed by atoms with Gasteiger partial charge in [0.15, 0.2) is 5.82 Å². The fourth-order valence-corrected chi connectivity index (χ4v) is 1.86. The van der Waals surface area contributed by atoms with Gasteiger partial charge in [0.25, 0.3) is 0 Å². The van der Waals surface area contributed by atoms with Crippen molar-refractivity contribution in [2.75, 3.05) is 18.5 Å². The molecule has 20 heavy (non-hydrogen) atoms. The van der Waals surface area contributed by atoms with E-state index in [4.69, 9.17) is 21.4 Å². The standard InChI is InChI=1S/C14H16ClN3O2/c1-10-8-13(16-6-7-19)18-14(17-10)9-20-12-5-3-2-4-11(12)15/h2-5,8,19H,6-7,9H2,1H3,(H,16,17,18). The molecule has 6 heteroatoms. The van der Waals surface area contributed by atoms with Gasteiger partial charge in [0.05, 0.1) is 11.6 Å². The van der Waals surface area contributed by atoms with Crippen LogP contribution in [0.25, 0.3) is 0 Å². The molecular weight excluding hydrogens is 278 g/mol. The Morgan fingerprint density at radius 1 is 1.30 bits per heavy atom. The molecule has 0 fully saturated rings. The number of aryl methyl sites for hydroxylation is 1. The third-order valence-electron chi connectivity index (χ3n) is 2.51. The Balaban J connectivity index is 2.05. The fourth-order valence-electron chi connectivity index (χ4n) is 1.67. The topological polar surface area (TPSA) is 67.3 Å². The van der Waals surface area contributed by atoms with Crippen molar-refractivity contribution in [1.82, 2.24) is 9.97 Å². The van der Waals surface area contributed by atoms with Gasteiger partial charge in [-0.25, -0.2) is 9.97 Å². The molecule has 0 bridgehead atoms. The molecule has 106 valence electrons. The molecule has 1 aromatic heterocycles. The van der Waals surface area contributed by atoms with Crippen LogP contribution in [0.15, 0.2) is 30.3 Å². The van der Waals surface area contributed by atoms with Crippen molar-refractivity contribution in [1.29, 1.82) is 0 Å². The van der Waals surface area contributed by atoms with E-state index in [0.717, 1.165) is 5.69 Å². The summed E-state index contributed by atoms with van der Waals surface area (Å²) in [6.07, 6.45) is 0. The maximum absolute atomic E-state index is 8.80. The van der Waals surface area contributed by atoms with Gasteiger partial charge >= 0.3 is 0 Å². The van der Waals surface area contributed by atoms with E-state index in [2.05, 4.69) is 15.3 Å². The smallest absolute Gasteiger partial charge is 0.168 e. The molecule has 5 nitrogen and oxygen atoms in total. The zero-order chi connectivity index (χ0) is 14.4. The van der Waals surface area contributed by atoms with E-state index >= 15 is 0 Å². The lowest BCUT2D eigenvalue weighted by molar-refractivity contribution is 0.295. The first-order valence-corrected chi connectivity index (χ1v) is 6.63. The van der Waals surface area contributed by atoms with E-state index < -0.39 is 0 Å². The number of hydrogen-bond acceptors (Lipinski definition) is 5. The van der Waals surface area contributed by atoms with Gasteiger partial charge in [0, 0.05) is 18.3 Å². The second kappa shape index (κ2) is 7.07. The Bertz CT molecular complexity index is 578. The average molecular weight is 294 g/mol. The second-order valence-electron chi connectivity index (χ2n) is 4.18. The Morgan fingerprint density at radius 3 is 2.85 bits per heavy atom. The summed E-state index contributed by atoms with van der Waals surface area (Å²) in [5, 5.41) is 12.4. The first-order valence-electron chi connectivity index (χ1n) is 6.25. The summed E-state index contributed by atoms with van der Waals surface area (Å²) in [7, 11) is 0. The molecule has 0 aliphatic rings. The van der Waals surface area contributed by atoms with Crippen molar-refractivity contribution >= 4 is 17.4 Å². The number of halogens is 1. The van der Waals surface area contributed by atoms with Crippen molar-refractivity contribution < 1.29 is 9.84 Å².